The summed E-state index contributed by atoms with van der Waals surface area (Å²) in [6, 6.07) is 0.420. The second kappa shape index (κ2) is 5.27. The van der Waals surface area contributed by atoms with Gasteiger partial charge < -0.3 is 9.84 Å². The lowest BCUT2D eigenvalue weighted by atomic mass is 9.69. The lowest BCUT2D eigenvalue weighted by molar-refractivity contribution is -0.167. The highest BCUT2D eigenvalue weighted by Crippen LogP contribution is 2.41. The van der Waals surface area contributed by atoms with E-state index in [2.05, 4.69) is 18.7 Å². The number of hydrogen-bond donors (Lipinski definition) is 1. The smallest absolute Gasteiger partial charge is 0.161 e. The molecule has 4 heteroatoms. The van der Waals surface area contributed by atoms with Crippen LogP contribution in [0, 0.1) is 11.8 Å². The lowest BCUT2D eigenvalue weighted by Crippen LogP contribution is -2.72. The van der Waals surface area contributed by atoms with Gasteiger partial charge in [0, 0.05) is 25.6 Å². The molecular weight excluding hydrogens is 230 g/mol. The number of methoxy groups -OCH3 is 1. The van der Waals surface area contributed by atoms with Crippen molar-refractivity contribution >= 4 is 5.78 Å². The number of aliphatic hydroxyl groups is 1. The van der Waals surface area contributed by atoms with Crippen LogP contribution in [0.2, 0.25) is 0 Å². The van der Waals surface area contributed by atoms with E-state index in [-0.39, 0.29) is 18.3 Å². The second-order valence-electron chi connectivity index (χ2n) is 6.19. The molecule has 4 atom stereocenters. The fourth-order valence-corrected chi connectivity index (χ4v) is 3.75. The number of nitrogens with zero attached hydrogens (tertiary/aromatic N) is 1. The predicted octanol–water partition coefficient (Wildman–Crippen LogP) is 1.07. The maximum absolute atomic E-state index is 12.5. The van der Waals surface area contributed by atoms with E-state index < -0.39 is 5.54 Å². The van der Waals surface area contributed by atoms with Crippen LogP contribution < -0.4 is 0 Å². The first-order valence-corrected chi connectivity index (χ1v) is 6.96. The Balaban J connectivity index is 2.25. The van der Waals surface area contributed by atoms with Crippen molar-refractivity contribution in [3.05, 3.63) is 0 Å². The molecule has 0 aromatic rings. The monoisotopic (exact) mass is 255 g/mol. The number of ketones is 1. The molecular formula is C14H25NO3. The van der Waals surface area contributed by atoms with E-state index in [1.807, 2.05) is 0 Å². The standard InChI is InChI=1S/C14H25NO3/c1-10(2)6-12-7-11-4-5-15(12)14(8-16,9-18-3)13(11)17/h10-12,16H,4-9H2,1-3H3/t11-,12-,14+/m0/s1. The van der Waals surface area contributed by atoms with Crippen molar-refractivity contribution in [2.45, 2.75) is 44.7 Å². The number of ether oxygens (including phenoxy) is 1. The van der Waals surface area contributed by atoms with Crippen LogP contribution in [-0.2, 0) is 9.53 Å². The van der Waals surface area contributed by atoms with Crippen molar-refractivity contribution in [1.29, 1.82) is 0 Å². The first-order chi connectivity index (χ1) is 8.55. The van der Waals surface area contributed by atoms with Gasteiger partial charge in [-0.15, -0.1) is 0 Å². The Hall–Kier alpha value is -0.450. The molecule has 3 rings (SSSR count). The van der Waals surface area contributed by atoms with Crippen LogP contribution in [0.5, 0.6) is 0 Å². The number of carbonyl (C=O) groups is 1. The summed E-state index contributed by atoms with van der Waals surface area (Å²) in [5.74, 6) is 0.933. The number of hydrogen-bond acceptors (Lipinski definition) is 4. The van der Waals surface area contributed by atoms with E-state index in [9.17, 15) is 9.90 Å². The van der Waals surface area contributed by atoms with Gasteiger partial charge in [-0.2, -0.15) is 0 Å². The van der Waals surface area contributed by atoms with Crippen LogP contribution in [0.3, 0.4) is 0 Å². The Kier molecular flexibility index (Phi) is 4.09. The minimum Gasteiger partial charge on any atom is -0.394 e. The SMILES string of the molecule is COC[C@]1(CO)C(=O)[C@H]2CCN1[C@@H](CC(C)C)C2. The molecule has 0 amide bonds. The van der Waals surface area contributed by atoms with Gasteiger partial charge >= 0.3 is 0 Å². The number of carbonyl (C=O) groups excluding carboxylic acids is 1. The summed E-state index contributed by atoms with van der Waals surface area (Å²) in [6.07, 6.45) is 3.00. The lowest BCUT2D eigenvalue weighted by Gasteiger charge is -2.56. The molecule has 3 heterocycles. The molecule has 4 nitrogen and oxygen atoms in total. The molecule has 3 fully saturated rings. The Bertz CT molecular complexity index is 318. The maximum Gasteiger partial charge on any atom is 0.161 e. The molecule has 0 aromatic heterocycles. The van der Waals surface area contributed by atoms with E-state index in [1.165, 1.54) is 0 Å². The van der Waals surface area contributed by atoms with E-state index in [1.54, 1.807) is 7.11 Å². The molecule has 3 aliphatic heterocycles. The van der Waals surface area contributed by atoms with Gasteiger partial charge in [0.15, 0.2) is 5.78 Å². The molecule has 3 aliphatic rings. The van der Waals surface area contributed by atoms with Gasteiger partial charge in [0.05, 0.1) is 13.2 Å². The highest BCUT2D eigenvalue weighted by molar-refractivity contribution is 5.92. The summed E-state index contributed by atoms with van der Waals surface area (Å²) < 4.78 is 5.23. The zero-order valence-electron chi connectivity index (χ0n) is 11.7. The zero-order valence-corrected chi connectivity index (χ0v) is 11.7. The third-order valence-corrected chi connectivity index (χ3v) is 4.48. The molecule has 0 radical (unpaired) electrons. The van der Waals surface area contributed by atoms with Gasteiger partial charge in [-0.05, 0) is 25.2 Å². The average molecular weight is 255 g/mol. The summed E-state index contributed by atoms with van der Waals surface area (Å²) in [7, 11) is 1.60. The van der Waals surface area contributed by atoms with Crippen LogP contribution in [-0.4, -0.2) is 54.2 Å². The van der Waals surface area contributed by atoms with Gasteiger partial charge in [-0.3, -0.25) is 9.69 Å². The summed E-state index contributed by atoms with van der Waals surface area (Å²) in [4.78, 5) is 14.7. The van der Waals surface area contributed by atoms with E-state index >= 15 is 0 Å². The Morgan fingerprint density at radius 1 is 1.56 bits per heavy atom. The molecule has 0 aromatic carbocycles. The van der Waals surface area contributed by atoms with Gasteiger partial charge in [0.25, 0.3) is 0 Å². The molecule has 1 N–H and O–H groups in total. The average Bonchev–Trinajstić information content (AvgIpc) is 2.33. The number of piperidine rings is 3. The summed E-state index contributed by atoms with van der Waals surface area (Å²) in [5.41, 5.74) is -0.768. The van der Waals surface area contributed by atoms with Gasteiger partial charge in [-0.1, -0.05) is 13.8 Å². The van der Waals surface area contributed by atoms with Gasteiger partial charge in [0.1, 0.15) is 5.54 Å². The first-order valence-electron chi connectivity index (χ1n) is 6.96. The highest BCUT2D eigenvalue weighted by Gasteiger charge is 2.56. The quantitative estimate of drug-likeness (QED) is 0.798. The van der Waals surface area contributed by atoms with Gasteiger partial charge in [-0.25, -0.2) is 0 Å². The molecule has 0 spiro atoms. The Morgan fingerprint density at radius 3 is 2.83 bits per heavy atom. The van der Waals surface area contributed by atoms with E-state index in [4.69, 9.17) is 4.74 Å². The third kappa shape index (κ3) is 2.10. The molecule has 2 bridgehead atoms. The molecule has 104 valence electrons. The molecule has 3 saturated heterocycles. The largest absolute Gasteiger partial charge is 0.394 e. The van der Waals surface area contributed by atoms with Crippen molar-refractivity contribution < 1.29 is 14.6 Å². The molecule has 0 saturated carbocycles. The number of Topliss-reactive ketones (excluding diaryl/α,β-unsaturated/α-hetero) is 1. The van der Waals surface area contributed by atoms with Crippen LogP contribution in [0.15, 0.2) is 0 Å². The number of aliphatic hydroxyl groups excluding tert-OH is 1. The first kappa shape index (κ1) is 14.0. The molecule has 0 aliphatic carbocycles. The van der Waals surface area contributed by atoms with Crippen molar-refractivity contribution in [2.24, 2.45) is 11.8 Å². The highest BCUT2D eigenvalue weighted by atomic mass is 16.5. The maximum atomic E-state index is 12.5. The fraction of sp³-hybridized carbons (Fsp3) is 0.929. The number of fused-ring (bicyclic) bond motifs is 3. The predicted molar refractivity (Wildman–Crippen MR) is 69.4 cm³/mol. The minimum absolute atomic E-state index is 0.120. The van der Waals surface area contributed by atoms with Crippen LogP contribution in [0.25, 0.3) is 0 Å². The minimum atomic E-state index is -0.768. The summed E-state index contributed by atoms with van der Waals surface area (Å²) in [5, 5.41) is 9.77. The van der Waals surface area contributed by atoms with Crippen LogP contribution in [0.4, 0.5) is 0 Å². The van der Waals surface area contributed by atoms with Crippen molar-refractivity contribution in [3.63, 3.8) is 0 Å². The van der Waals surface area contributed by atoms with Crippen molar-refractivity contribution in [2.75, 3.05) is 26.9 Å². The van der Waals surface area contributed by atoms with Crippen molar-refractivity contribution in [3.8, 4) is 0 Å². The van der Waals surface area contributed by atoms with Crippen molar-refractivity contribution in [1.82, 2.24) is 4.90 Å². The van der Waals surface area contributed by atoms with E-state index in [0.29, 0.717) is 18.6 Å². The Labute approximate surface area is 109 Å². The summed E-state index contributed by atoms with van der Waals surface area (Å²) in [6.45, 7) is 5.53. The fourth-order valence-electron chi connectivity index (χ4n) is 3.75. The second-order valence-corrected chi connectivity index (χ2v) is 6.19. The normalized spacial score (nSPS) is 39.6. The topological polar surface area (TPSA) is 49.8 Å². The van der Waals surface area contributed by atoms with Crippen LogP contribution in [0.1, 0.15) is 33.1 Å². The summed E-state index contributed by atoms with van der Waals surface area (Å²) >= 11 is 0. The van der Waals surface area contributed by atoms with E-state index in [0.717, 1.165) is 25.8 Å². The zero-order chi connectivity index (χ0) is 13.3. The Morgan fingerprint density at radius 2 is 2.28 bits per heavy atom. The molecule has 1 unspecified atom stereocenters. The van der Waals surface area contributed by atoms with Crippen LogP contribution >= 0.6 is 0 Å². The number of rotatable bonds is 5. The molecule has 18 heavy (non-hydrogen) atoms. The third-order valence-electron chi connectivity index (χ3n) is 4.48. The van der Waals surface area contributed by atoms with Gasteiger partial charge in [0.2, 0.25) is 0 Å².